The van der Waals surface area contributed by atoms with Gasteiger partial charge in [-0.1, -0.05) is 0 Å². The van der Waals surface area contributed by atoms with E-state index in [2.05, 4.69) is 0 Å². The van der Waals surface area contributed by atoms with Gasteiger partial charge in [-0.15, -0.1) is 0 Å². The SMILES string of the molecule is CC1CN(C(=O)N2CCCC2(C)C(=O)O)CC(C)O1. The molecular formula is C13H22N2O4. The smallest absolute Gasteiger partial charge is 0.329 e. The van der Waals surface area contributed by atoms with Crippen molar-refractivity contribution in [1.29, 1.82) is 0 Å². The first kappa shape index (κ1) is 14.1. The number of carbonyl (C=O) groups is 2. The van der Waals surface area contributed by atoms with E-state index in [0.717, 1.165) is 6.42 Å². The Morgan fingerprint density at radius 1 is 1.26 bits per heavy atom. The van der Waals surface area contributed by atoms with Gasteiger partial charge in [-0.05, 0) is 33.6 Å². The minimum atomic E-state index is -1.07. The molecule has 0 aromatic heterocycles. The van der Waals surface area contributed by atoms with Gasteiger partial charge in [0.1, 0.15) is 5.54 Å². The summed E-state index contributed by atoms with van der Waals surface area (Å²) in [5.41, 5.74) is -1.07. The Morgan fingerprint density at radius 3 is 2.37 bits per heavy atom. The topological polar surface area (TPSA) is 70.1 Å². The molecule has 1 N–H and O–H groups in total. The molecule has 2 rings (SSSR count). The number of morpholine rings is 1. The van der Waals surface area contributed by atoms with E-state index < -0.39 is 11.5 Å². The third-order valence-electron chi connectivity index (χ3n) is 4.02. The van der Waals surface area contributed by atoms with E-state index in [-0.39, 0.29) is 18.2 Å². The van der Waals surface area contributed by atoms with Crippen molar-refractivity contribution in [3.63, 3.8) is 0 Å². The first-order valence-electron chi connectivity index (χ1n) is 6.80. The molecule has 6 heteroatoms. The summed E-state index contributed by atoms with van der Waals surface area (Å²) in [5.74, 6) is -0.923. The molecule has 19 heavy (non-hydrogen) atoms. The zero-order chi connectivity index (χ0) is 14.2. The predicted octanol–water partition coefficient (Wildman–Crippen LogP) is 1.15. The lowest BCUT2D eigenvalue weighted by Crippen LogP contribution is -2.58. The standard InChI is InChI=1S/C13H22N2O4/c1-9-7-14(8-10(2)19-9)12(18)15-6-4-5-13(15,3)11(16)17/h9-10H,4-8H2,1-3H3,(H,16,17). The molecule has 2 fully saturated rings. The average molecular weight is 270 g/mol. The summed E-state index contributed by atoms with van der Waals surface area (Å²) in [7, 11) is 0. The quantitative estimate of drug-likeness (QED) is 0.776. The predicted molar refractivity (Wildman–Crippen MR) is 69.0 cm³/mol. The zero-order valence-corrected chi connectivity index (χ0v) is 11.8. The Bertz CT molecular complexity index is 377. The molecule has 2 heterocycles. The first-order valence-corrected chi connectivity index (χ1v) is 6.80. The van der Waals surface area contributed by atoms with E-state index >= 15 is 0 Å². The third-order valence-corrected chi connectivity index (χ3v) is 4.02. The number of urea groups is 1. The van der Waals surface area contributed by atoms with Gasteiger partial charge in [-0.3, -0.25) is 0 Å². The highest BCUT2D eigenvalue weighted by Gasteiger charge is 2.47. The Labute approximate surface area is 113 Å². The summed E-state index contributed by atoms with van der Waals surface area (Å²) < 4.78 is 5.60. The number of amides is 2. The van der Waals surface area contributed by atoms with Crippen LogP contribution in [0.25, 0.3) is 0 Å². The number of carbonyl (C=O) groups excluding carboxylic acids is 1. The van der Waals surface area contributed by atoms with Crippen molar-refractivity contribution < 1.29 is 19.4 Å². The molecular weight excluding hydrogens is 248 g/mol. The number of ether oxygens (including phenoxy) is 1. The summed E-state index contributed by atoms with van der Waals surface area (Å²) in [6.45, 7) is 7.05. The van der Waals surface area contributed by atoms with Crippen LogP contribution in [0.1, 0.15) is 33.6 Å². The molecule has 3 atom stereocenters. The molecule has 6 nitrogen and oxygen atoms in total. The molecule has 0 aromatic rings. The number of likely N-dealkylation sites (tertiary alicyclic amines) is 1. The third kappa shape index (κ3) is 2.54. The van der Waals surface area contributed by atoms with Gasteiger partial charge in [0, 0.05) is 19.6 Å². The van der Waals surface area contributed by atoms with Crippen molar-refractivity contribution in [1.82, 2.24) is 9.80 Å². The summed E-state index contributed by atoms with van der Waals surface area (Å²) in [4.78, 5) is 27.2. The molecule has 2 aliphatic rings. The number of hydrogen-bond acceptors (Lipinski definition) is 3. The zero-order valence-electron chi connectivity index (χ0n) is 11.8. The molecule has 2 saturated heterocycles. The Hall–Kier alpha value is -1.30. The van der Waals surface area contributed by atoms with Crippen molar-refractivity contribution >= 4 is 12.0 Å². The van der Waals surface area contributed by atoms with Gasteiger partial charge in [0.25, 0.3) is 0 Å². The number of aliphatic carboxylic acids is 1. The van der Waals surface area contributed by atoms with Crippen LogP contribution in [0.3, 0.4) is 0 Å². The van der Waals surface area contributed by atoms with Crippen LogP contribution in [0.5, 0.6) is 0 Å². The van der Waals surface area contributed by atoms with Crippen LogP contribution >= 0.6 is 0 Å². The van der Waals surface area contributed by atoms with Gasteiger partial charge in [-0.2, -0.15) is 0 Å². The Kier molecular flexibility index (Phi) is 3.71. The van der Waals surface area contributed by atoms with E-state index in [0.29, 0.717) is 26.1 Å². The van der Waals surface area contributed by atoms with Gasteiger partial charge >= 0.3 is 12.0 Å². The largest absolute Gasteiger partial charge is 0.480 e. The van der Waals surface area contributed by atoms with Crippen molar-refractivity contribution in [3.8, 4) is 0 Å². The molecule has 0 aromatic carbocycles. The van der Waals surface area contributed by atoms with Crippen LogP contribution in [0.2, 0.25) is 0 Å². The molecule has 2 amide bonds. The van der Waals surface area contributed by atoms with E-state index in [1.54, 1.807) is 11.8 Å². The molecule has 108 valence electrons. The fourth-order valence-corrected chi connectivity index (χ4v) is 3.00. The maximum atomic E-state index is 12.5. The fraction of sp³-hybridized carbons (Fsp3) is 0.846. The average Bonchev–Trinajstić information content (AvgIpc) is 2.70. The molecule has 0 radical (unpaired) electrons. The lowest BCUT2D eigenvalue weighted by molar-refractivity contribution is -0.147. The van der Waals surface area contributed by atoms with E-state index in [1.807, 2.05) is 13.8 Å². The van der Waals surface area contributed by atoms with Crippen molar-refractivity contribution in [3.05, 3.63) is 0 Å². The van der Waals surface area contributed by atoms with E-state index in [1.165, 1.54) is 4.90 Å². The summed E-state index contributed by atoms with van der Waals surface area (Å²) in [5, 5.41) is 9.36. The van der Waals surface area contributed by atoms with Crippen LogP contribution in [0.15, 0.2) is 0 Å². The number of carboxylic acid groups (broad SMARTS) is 1. The monoisotopic (exact) mass is 270 g/mol. The van der Waals surface area contributed by atoms with E-state index in [4.69, 9.17) is 4.74 Å². The fourth-order valence-electron chi connectivity index (χ4n) is 3.00. The molecule has 3 unspecified atom stereocenters. The highest BCUT2D eigenvalue weighted by molar-refractivity contribution is 5.86. The Morgan fingerprint density at radius 2 is 1.84 bits per heavy atom. The lowest BCUT2D eigenvalue weighted by Gasteiger charge is -2.40. The number of nitrogens with zero attached hydrogens (tertiary/aromatic N) is 2. The first-order chi connectivity index (χ1) is 8.84. The molecule has 0 aliphatic carbocycles. The van der Waals surface area contributed by atoms with Crippen LogP contribution in [0.4, 0.5) is 4.79 Å². The molecule has 0 saturated carbocycles. The van der Waals surface area contributed by atoms with Crippen LogP contribution in [-0.4, -0.2) is 64.3 Å². The number of carboxylic acids is 1. The van der Waals surface area contributed by atoms with Gasteiger partial charge < -0.3 is 19.6 Å². The number of hydrogen-bond donors (Lipinski definition) is 1. The van der Waals surface area contributed by atoms with Crippen molar-refractivity contribution in [2.75, 3.05) is 19.6 Å². The molecule has 0 bridgehead atoms. The van der Waals surface area contributed by atoms with Crippen LogP contribution in [0, 0.1) is 0 Å². The lowest BCUT2D eigenvalue weighted by atomic mass is 9.99. The molecule has 2 aliphatic heterocycles. The second kappa shape index (κ2) is 5.00. The summed E-state index contributed by atoms with van der Waals surface area (Å²) in [6.07, 6.45) is 1.24. The van der Waals surface area contributed by atoms with Crippen molar-refractivity contribution in [2.45, 2.75) is 51.4 Å². The van der Waals surface area contributed by atoms with Gasteiger partial charge in [0.2, 0.25) is 0 Å². The van der Waals surface area contributed by atoms with Gasteiger partial charge in [0.05, 0.1) is 12.2 Å². The van der Waals surface area contributed by atoms with Gasteiger partial charge in [-0.25, -0.2) is 9.59 Å². The minimum absolute atomic E-state index is 0.00797. The second-order valence-electron chi connectivity index (χ2n) is 5.78. The normalized spacial score (nSPS) is 35.5. The summed E-state index contributed by atoms with van der Waals surface area (Å²) >= 11 is 0. The summed E-state index contributed by atoms with van der Waals surface area (Å²) in [6, 6.07) is -0.176. The maximum Gasteiger partial charge on any atom is 0.329 e. The minimum Gasteiger partial charge on any atom is -0.480 e. The van der Waals surface area contributed by atoms with E-state index in [9.17, 15) is 14.7 Å². The highest BCUT2D eigenvalue weighted by Crippen LogP contribution is 2.30. The number of rotatable bonds is 1. The molecule has 0 spiro atoms. The second-order valence-corrected chi connectivity index (χ2v) is 5.78. The Balaban J connectivity index is 2.13. The van der Waals surface area contributed by atoms with Crippen LogP contribution < -0.4 is 0 Å². The van der Waals surface area contributed by atoms with Crippen LogP contribution in [-0.2, 0) is 9.53 Å². The maximum absolute atomic E-state index is 12.5. The highest BCUT2D eigenvalue weighted by atomic mass is 16.5. The van der Waals surface area contributed by atoms with Crippen molar-refractivity contribution in [2.24, 2.45) is 0 Å². The van der Waals surface area contributed by atoms with Gasteiger partial charge in [0.15, 0.2) is 0 Å².